The van der Waals surface area contributed by atoms with E-state index in [0.29, 0.717) is 19.6 Å². The van der Waals surface area contributed by atoms with Crippen LogP contribution in [0.15, 0.2) is 0 Å². The van der Waals surface area contributed by atoms with Gasteiger partial charge in [0, 0.05) is 26.2 Å². The number of ether oxygens (including phenoxy) is 1. The summed E-state index contributed by atoms with van der Waals surface area (Å²) in [7, 11) is 0. The van der Waals surface area contributed by atoms with Crippen molar-refractivity contribution in [3.63, 3.8) is 0 Å². The average molecular weight is 256 g/mol. The van der Waals surface area contributed by atoms with Crippen LogP contribution in [-0.2, 0) is 9.53 Å². The highest BCUT2D eigenvalue weighted by Crippen LogP contribution is 2.23. The maximum absolute atomic E-state index is 11.9. The topological polar surface area (TPSA) is 78.9 Å². The molecule has 3 unspecified atom stereocenters. The second-order valence-electron chi connectivity index (χ2n) is 5.15. The molecule has 0 aromatic heterocycles. The van der Waals surface area contributed by atoms with Crippen molar-refractivity contribution < 1.29 is 19.4 Å². The molecule has 0 saturated carbocycles. The molecule has 0 spiro atoms. The number of amides is 2. The molecule has 2 aliphatic rings. The standard InChI is InChI=1S/C12H20N2O4/c1-8-6-14(7-10(8)11(15)16)12(17)13-5-9-3-2-4-18-9/h8-10H,2-7H2,1H3,(H,13,17)(H,15,16). The lowest BCUT2D eigenvalue weighted by molar-refractivity contribution is -0.142. The molecule has 6 heteroatoms. The Bertz CT molecular complexity index is 328. The van der Waals surface area contributed by atoms with Gasteiger partial charge in [-0.15, -0.1) is 0 Å². The molecule has 2 heterocycles. The fourth-order valence-corrected chi connectivity index (χ4v) is 2.57. The van der Waals surface area contributed by atoms with Gasteiger partial charge in [0.1, 0.15) is 0 Å². The lowest BCUT2D eigenvalue weighted by atomic mass is 9.99. The van der Waals surface area contributed by atoms with Crippen LogP contribution in [0.2, 0.25) is 0 Å². The van der Waals surface area contributed by atoms with E-state index in [1.54, 1.807) is 4.90 Å². The molecular weight excluding hydrogens is 236 g/mol. The summed E-state index contributed by atoms with van der Waals surface area (Å²) in [5.41, 5.74) is 0. The Hall–Kier alpha value is -1.30. The SMILES string of the molecule is CC1CN(C(=O)NCC2CCCO2)CC1C(=O)O. The fraction of sp³-hybridized carbons (Fsp3) is 0.833. The summed E-state index contributed by atoms with van der Waals surface area (Å²) in [4.78, 5) is 24.4. The molecule has 2 saturated heterocycles. The second-order valence-corrected chi connectivity index (χ2v) is 5.15. The van der Waals surface area contributed by atoms with Crippen LogP contribution in [0.1, 0.15) is 19.8 Å². The van der Waals surface area contributed by atoms with Crippen LogP contribution < -0.4 is 5.32 Å². The van der Waals surface area contributed by atoms with Gasteiger partial charge in [-0.1, -0.05) is 6.92 Å². The van der Waals surface area contributed by atoms with Crippen LogP contribution in [-0.4, -0.2) is 54.4 Å². The van der Waals surface area contributed by atoms with E-state index in [1.165, 1.54) is 0 Å². The molecule has 0 radical (unpaired) electrons. The van der Waals surface area contributed by atoms with Gasteiger partial charge < -0.3 is 20.1 Å². The van der Waals surface area contributed by atoms with Gasteiger partial charge in [0.05, 0.1) is 12.0 Å². The Morgan fingerprint density at radius 1 is 1.44 bits per heavy atom. The molecule has 2 rings (SSSR count). The number of likely N-dealkylation sites (tertiary alicyclic amines) is 1. The van der Waals surface area contributed by atoms with E-state index in [4.69, 9.17) is 9.84 Å². The van der Waals surface area contributed by atoms with E-state index in [2.05, 4.69) is 5.32 Å². The minimum absolute atomic E-state index is 0.0102. The van der Waals surface area contributed by atoms with Crippen LogP contribution in [0.4, 0.5) is 4.79 Å². The number of carboxylic acid groups (broad SMARTS) is 1. The number of aliphatic carboxylic acids is 1. The average Bonchev–Trinajstić information content (AvgIpc) is 2.94. The Morgan fingerprint density at radius 3 is 2.78 bits per heavy atom. The zero-order valence-electron chi connectivity index (χ0n) is 10.6. The van der Waals surface area contributed by atoms with E-state index in [0.717, 1.165) is 19.4 Å². The molecule has 6 nitrogen and oxygen atoms in total. The third kappa shape index (κ3) is 2.93. The molecule has 2 amide bonds. The lowest BCUT2D eigenvalue weighted by Crippen LogP contribution is -2.42. The van der Waals surface area contributed by atoms with E-state index in [9.17, 15) is 9.59 Å². The number of rotatable bonds is 3. The smallest absolute Gasteiger partial charge is 0.317 e. The quantitative estimate of drug-likeness (QED) is 0.772. The lowest BCUT2D eigenvalue weighted by Gasteiger charge is -2.18. The van der Waals surface area contributed by atoms with E-state index < -0.39 is 11.9 Å². The number of hydrogen-bond acceptors (Lipinski definition) is 3. The zero-order valence-corrected chi connectivity index (χ0v) is 10.6. The maximum Gasteiger partial charge on any atom is 0.317 e. The summed E-state index contributed by atoms with van der Waals surface area (Å²) in [5.74, 6) is -1.26. The molecule has 0 aromatic rings. The first-order chi connectivity index (χ1) is 8.58. The third-order valence-corrected chi connectivity index (χ3v) is 3.72. The molecule has 0 bridgehead atoms. The van der Waals surface area contributed by atoms with Crippen molar-refractivity contribution in [2.75, 3.05) is 26.2 Å². The number of urea groups is 1. The van der Waals surface area contributed by atoms with Gasteiger partial charge in [-0.25, -0.2) is 4.79 Å². The van der Waals surface area contributed by atoms with Gasteiger partial charge >= 0.3 is 12.0 Å². The Labute approximate surface area is 106 Å². The Morgan fingerprint density at radius 2 is 2.22 bits per heavy atom. The number of hydrogen-bond donors (Lipinski definition) is 2. The fourth-order valence-electron chi connectivity index (χ4n) is 2.57. The summed E-state index contributed by atoms with van der Waals surface area (Å²) in [6, 6.07) is -0.180. The van der Waals surface area contributed by atoms with Crippen LogP contribution >= 0.6 is 0 Å². The Kier molecular flexibility index (Phi) is 4.06. The molecule has 0 aliphatic carbocycles. The molecular formula is C12H20N2O4. The van der Waals surface area contributed by atoms with Gasteiger partial charge in [0.15, 0.2) is 0 Å². The highest BCUT2D eigenvalue weighted by molar-refractivity contribution is 5.77. The zero-order chi connectivity index (χ0) is 13.1. The number of carbonyl (C=O) groups excluding carboxylic acids is 1. The summed E-state index contributed by atoms with van der Waals surface area (Å²) in [6.07, 6.45) is 2.14. The van der Waals surface area contributed by atoms with Crippen molar-refractivity contribution in [3.8, 4) is 0 Å². The highest BCUT2D eigenvalue weighted by atomic mass is 16.5. The monoisotopic (exact) mass is 256 g/mol. The van der Waals surface area contributed by atoms with Gasteiger partial charge in [-0.3, -0.25) is 4.79 Å². The molecule has 2 N–H and O–H groups in total. The number of nitrogens with one attached hydrogen (secondary N) is 1. The molecule has 18 heavy (non-hydrogen) atoms. The van der Waals surface area contributed by atoms with Crippen LogP contribution in [0.3, 0.4) is 0 Å². The normalized spacial score (nSPS) is 31.6. The van der Waals surface area contributed by atoms with Crippen LogP contribution in [0.25, 0.3) is 0 Å². The highest BCUT2D eigenvalue weighted by Gasteiger charge is 2.37. The van der Waals surface area contributed by atoms with Crippen molar-refractivity contribution in [3.05, 3.63) is 0 Å². The number of carboxylic acids is 1. The summed E-state index contributed by atoms with van der Waals surface area (Å²) in [5, 5.41) is 11.8. The van der Waals surface area contributed by atoms with Gasteiger partial charge in [-0.2, -0.15) is 0 Å². The second kappa shape index (κ2) is 5.56. The van der Waals surface area contributed by atoms with Gasteiger partial charge in [0.25, 0.3) is 0 Å². The number of nitrogens with zero attached hydrogens (tertiary/aromatic N) is 1. The van der Waals surface area contributed by atoms with Gasteiger partial charge in [0.2, 0.25) is 0 Å². The van der Waals surface area contributed by atoms with Crippen molar-refractivity contribution in [1.82, 2.24) is 10.2 Å². The largest absolute Gasteiger partial charge is 0.481 e. The van der Waals surface area contributed by atoms with Gasteiger partial charge in [-0.05, 0) is 18.8 Å². The minimum Gasteiger partial charge on any atom is -0.481 e. The van der Waals surface area contributed by atoms with Crippen molar-refractivity contribution >= 4 is 12.0 Å². The Balaban J connectivity index is 1.77. The first-order valence-electron chi connectivity index (χ1n) is 6.45. The first kappa shape index (κ1) is 13.1. The van der Waals surface area contributed by atoms with Crippen molar-refractivity contribution in [2.24, 2.45) is 11.8 Å². The molecule has 2 fully saturated rings. The predicted octanol–water partition coefficient (Wildman–Crippen LogP) is 0.527. The first-order valence-corrected chi connectivity index (χ1v) is 6.45. The predicted molar refractivity (Wildman–Crippen MR) is 64.2 cm³/mol. The van der Waals surface area contributed by atoms with Crippen LogP contribution in [0, 0.1) is 11.8 Å². The van der Waals surface area contributed by atoms with E-state index in [-0.39, 0.29) is 18.1 Å². The molecule has 102 valence electrons. The summed E-state index contributed by atoms with van der Waals surface area (Å²) >= 11 is 0. The molecule has 3 atom stereocenters. The minimum atomic E-state index is -0.822. The van der Waals surface area contributed by atoms with Crippen LogP contribution in [0.5, 0.6) is 0 Å². The summed E-state index contributed by atoms with van der Waals surface area (Å²) < 4.78 is 5.42. The van der Waals surface area contributed by atoms with Crippen molar-refractivity contribution in [2.45, 2.75) is 25.9 Å². The van der Waals surface area contributed by atoms with E-state index in [1.807, 2.05) is 6.92 Å². The maximum atomic E-state index is 11.9. The number of carbonyl (C=O) groups is 2. The van der Waals surface area contributed by atoms with E-state index >= 15 is 0 Å². The molecule has 0 aromatic carbocycles. The molecule has 2 aliphatic heterocycles. The summed E-state index contributed by atoms with van der Waals surface area (Å²) in [6.45, 7) is 3.96. The third-order valence-electron chi connectivity index (χ3n) is 3.72. The van der Waals surface area contributed by atoms with Crippen molar-refractivity contribution in [1.29, 1.82) is 0 Å².